The first-order chi connectivity index (χ1) is 6.27. The Morgan fingerprint density at radius 2 is 2.08 bits per heavy atom. The summed E-state index contributed by atoms with van der Waals surface area (Å²) in [7, 11) is 0. The average Bonchev–Trinajstić information content (AvgIpc) is 2.09. The van der Waals surface area contributed by atoms with Crippen molar-refractivity contribution < 1.29 is 9.90 Å². The van der Waals surface area contributed by atoms with E-state index in [1.807, 2.05) is 17.8 Å². The lowest BCUT2D eigenvalue weighted by Gasteiger charge is -1.98. The molecule has 0 aromatic rings. The molecule has 3 heteroatoms. The number of allylic oxidation sites excluding steroid dienone is 1. The van der Waals surface area contributed by atoms with E-state index in [1.54, 1.807) is 0 Å². The third-order valence-electron chi connectivity index (χ3n) is 1.65. The van der Waals surface area contributed by atoms with Crippen LogP contribution in [0.4, 0.5) is 0 Å². The molecule has 0 fully saturated rings. The summed E-state index contributed by atoms with van der Waals surface area (Å²) in [6.45, 7) is 3.65. The van der Waals surface area contributed by atoms with Crippen LogP contribution in [0.5, 0.6) is 0 Å². The van der Waals surface area contributed by atoms with E-state index < -0.39 is 5.97 Å². The van der Waals surface area contributed by atoms with Crippen LogP contribution in [-0.2, 0) is 4.79 Å². The van der Waals surface area contributed by atoms with E-state index in [1.165, 1.54) is 0 Å². The number of unbranched alkanes of at least 4 members (excludes halogenated alkanes) is 2. The molecule has 0 radical (unpaired) electrons. The van der Waals surface area contributed by atoms with Crippen molar-refractivity contribution in [3.05, 3.63) is 12.7 Å². The maximum Gasteiger partial charge on any atom is 0.303 e. The lowest BCUT2D eigenvalue weighted by atomic mass is 10.2. The highest BCUT2D eigenvalue weighted by atomic mass is 32.2. The van der Waals surface area contributed by atoms with E-state index in [2.05, 4.69) is 6.58 Å². The fourth-order valence-corrected chi connectivity index (χ4v) is 1.87. The van der Waals surface area contributed by atoms with E-state index in [-0.39, 0.29) is 0 Å². The van der Waals surface area contributed by atoms with Gasteiger partial charge in [-0.1, -0.05) is 12.5 Å². The quantitative estimate of drug-likeness (QED) is 0.461. The average molecular weight is 202 g/mol. The first-order valence-corrected chi connectivity index (χ1v) is 5.83. The summed E-state index contributed by atoms with van der Waals surface area (Å²) < 4.78 is 0. The third-order valence-corrected chi connectivity index (χ3v) is 2.75. The van der Waals surface area contributed by atoms with Crippen molar-refractivity contribution in [3.8, 4) is 0 Å². The van der Waals surface area contributed by atoms with E-state index >= 15 is 0 Å². The highest BCUT2D eigenvalue weighted by molar-refractivity contribution is 7.99. The van der Waals surface area contributed by atoms with Crippen molar-refractivity contribution in [2.75, 3.05) is 11.5 Å². The Morgan fingerprint density at radius 3 is 2.69 bits per heavy atom. The molecule has 76 valence electrons. The van der Waals surface area contributed by atoms with Gasteiger partial charge in [-0.15, -0.1) is 6.58 Å². The van der Waals surface area contributed by atoms with Crippen molar-refractivity contribution in [1.82, 2.24) is 0 Å². The number of carbonyl (C=O) groups is 1. The smallest absolute Gasteiger partial charge is 0.303 e. The monoisotopic (exact) mass is 202 g/mol. The zero-order valence-corrected chi connectivity index (χ0v) is 8.81. The molecule has 0 unspecified atom stereocenters. The molecular formula is C10H18O2S. The summed E-state index contributed by atoms with van der Waals surface area (Å²) >= 11 is 1.92. The van der Waals surface area contributed by atoms with Gasteiger partial charge in [0.25, 0.3) is 0 Å². The van der Waals surface area contributed by atoms with Gasteiger partial charge in [0, 0.05) is 6.42 Å². The maximum absolute atomic E-state index is 10.2. The molecular weight excluding hydrogens is 184 g/mol. The molecule has 0 spiro atoms. The van der Waals surface area contributed by atoms with Gasteiger partial charge < -0.3 is 5.11 Å². The molecule has 1 N–H and O–H groups in total. The predicted octanol–water partition coefficient (Wildman–Crippen LogP) is 2.94. The molecule has 0 amide bonds. The largest absolute Gasteiger partial charge is 0.481 e. The van der Waals surface area contributed by atoms with Gasteiger partial charge >= 0.3 is 5.97 Å². The fourth-order valence-electron chi connectivity index (χ4n) is 0.926. The number of hydrogen-bond acceptors (Lipinski definition) is 2. The van der Waals surface area contributed by atoms with Crippen molar-refractivity contribution in [3.63, 3.8) is 0 Å². The van der Waals surface area contributed by atoms with Crippen molar-refractivity contribution >= 4 is 17.7 Å². The van der Waals surface area contributed by atoms with Crippen LogP contribution in [0.25, 0.3) is 0 Å². The molecule has 0 aliphatic rings. The minimum Gasteiger partial charge on any atom is -0.481 e. The third kappa shape index (κ3) is 11.6. The standard InChI is InChI=1S/C10H18O2S/c1-2-3-8-13-9-6-4-5-7-10(11)12/h2H,1,3-9H2,(H,11,12). The number of hydrogen-bond donors (Lipinski definition) is 1. The molecule has 0 aliphatic heterocycles. The van der Waals surface area contributed by atoms with Crippen molar-refractivity contribution in [1.29, 1.82) is 0 Å². The molecule has 0 aromatic heterocycles. The number of carboxylic acid groups (broad SMARTS) is 1. The van der Waals surface area contributed by atoms with Crippen LogP contribution in [-0.4, -0.2) is 22.6 Å². The van der Waals surface area contributed by atoms with Gasteiger partial charge in [0.1, 0.15) is 0 Å². The van der Waals surface area contributed by atoms with Crippen LogP contribution < -0.4 is 0 Å². The van der Waals surface area contributed by atoms with E-state index in [0.29, 0.717) is 6.42 Å². The maximum atomic E-state index is 10.2. The van der Waals surface area contributed by atoms with Gasteiger partial charge in [0.2, 0.25) is 0 Å². The zero-order chi connectivity index (χ0) is 9.94. The van der Waals surface area contributed by atoms with Crippen molar-refractivity contribution in [2.45, 2.75) is 32.1 Å². The molecule has 0 saturated carbocycles. The van der Waals surface area contributed by atoms with Crippen LogP contribution >= 0.6 is 11.8 Å². The summed E-state index contributed by atoms with van der Waals surface area (Å²) in [6, 6.07) is 0. The Morgan fingerprint density at radius 1 is 1.31 bits per heavy atom. The Balaban J connectivity index is 2.91. The Bertz CT molecular complexity index is 146. The summed E-state index contributed by atoms with van der Waals surface area (Å²) in [4.78, 5) is 10.2. The zero-order valence-electron chi connectivity index (χ0n) is 8.00. The van der Waals surface area contributed by atoms with Crippen LogP contribution in [0.1, 0.15) is 32.1 Å². The molecule has 0 heterocycles. The first kappa shape index (κ1) is 12.6. The molecule has 0 bridgehead atoms. The Kier molecular flexibility index (Phi) is 9.32. The predicted molar refractivity (Wildman–Crippen MR) is 58.2 cm³/mol. The molecule has 0 aliphatic carbocycles. The lowest BCUT2D eigenvalue weighted by Crippen LogP contribution is -1.94. The Labute approximate surface area is 84.4 Å². The van der Waals surface area contributed by atoms with Gasteiger partial charge in [0.05, 0.1) is 0 Å². The molecule has 2 nitrogen and oxygen atoms in total. The minimum atomic E-state index is -0.681. The second-order valence-corrected chi connectivity index (χ2v) is 4.12. The van der Waals surface area contributed by atoms with Gasteiger partial charge in [-0.3, -0.25) is 4.79 Å². The highest BCUT2D eigenvalue weighted by Gasteiger charge is 1.95. The summed E-state index contributed by atoms with van der Waals surface area (Å²) in [5.74, 6) is 1.61. The number of aliphatic carboxylic acids is 1. The molecule has 0 atom stereocenters. The minimum absolute atomic E-state index is 0.317. The van der Waals surface area contributed by atoms with Crippen LogP contribution in [0.3, 0.4) is 0 Å². The SMILES string of the molecule is C=CCCSCCCCCC(=O)O. The van der Waals surface area contributed by atoms with E-state index in [9.17, 15) is 4.79 Å². The topological polar surface area (TPSA) is 37.3 Å². The highest BCUT2D eigenvalue weighted by Crippen LogP contribution is 2.08. The Hall–Kier alpha value is -0.440. The molecule has 13 heavy (non-hydrogen) atoms. The normalized spacial score (nSPS) is 9.85. The molecule has 0 aromatic carbocycles. The van der Waals surface area contributed by atoms with Gasteiger partial charge in [0.15, 0.2) is 0 Å². The van der Waals surface area contributed by atoms with Gasteiger partial charge in [-0.05, 0) is 30.8 Å². The van der Waals surface area contributed by atoms with Gasteiger partial charge in [-0.2, -0.15) is 11.8 Å². The number of thioether (sulfide) groups is 1. The summed E-state index contributed by atoms with van der Waals surface area (Å²) in [6.07, 6.45) is 6.30. The number of carboxylic acids is 1. The van der Waals surface area contributed by atoms with Crippen LogP contribution in [0.15, 0.2) is 12.7 Å². The second kappa shape index (κ2) is 9.65. The summed E-state index contributed by atoms with van der Waals surface area (Å²) in [5.41, 5.74) is 0. The van der Waals surface area contributed by atoms with Crippen molar-refractivity contribution in [2.24, 2.45) is 0 Å². The molecule has 0 saturated heterocycles. The molecule has 0 rings (SSSR count). The van der Waals surface area contributed by atoms with E-state index in [4.69, 9.17) is 5.11 Å². The van der Waals surface area contributed by atoms with Crippen LogP contribution in [0.2, 0.25) is 0 Å². The van der Waals surface area contributed by atoms with Gasteiger partial charge in [-0.25, -0.2) is 0 Å². The van der Waals surface area contributed by atoms with Crippen LogP contribution in [0, 0.1) is 0 Å². The second-order valence-electron chi connectivity index (χ2n) is 2.89. The number of rotatable bonds is 9. The lowest BCUT2D eigenvalue weighted by molar-refractivity contribution is -0.137. The fraction of sp³-hybridized carbons (Fsp3) is 0.700. The van der Waals surface area contributed by atoms with E-state index in [0.717, 1.165) is 37.2 Å². The first-order valence-electron chi connectivity index (χ1n) is 4.68. The summed E-state index contributed by atoms with van der Waals surface area (Å²) in [5, 5.41) is 8.37.